The summed E-state index contributed by atoms with van der Waals surface area (Å²) < 4.78 is 5.93. The van der Waals surface area contributed by atoms with Crippen LogP contribution in [0, 0.1) is 5.92 Å². The van der Waals surface area contributed by atoms with Crippen molar-refractivity contribution >= 4 is 35.8 Å². The number of nitrogens with one attached hydrogen (secondary N) is 3. The number of morpholine rings is 1. The number of amides is 1. The number of carbonyl (C=O) groups is 1. The van der Waals surface area contributed by atoms with Gasteiger partial charge in [-0.25, -0.2) is 4.99 Å². The Balaban J connectivity index is 0.00000512. The molecule has 8 heteroatoms. The largest absolute Gasteiger partial charge is 0.374 e. The summed E-state index contributed by atoms with van der Waals surface area (Å²) in [5.41, 5.74) is 1.76. The van der Waals surface area contributed by atoms with Crippen molar-refractivity contribution in [1.29, 1.82) is 0 Å². The first-order chi connectivity index (χ1) is 15.0. The van der Waals surface area contributed by atoms with Gasteiger partial charge in [0.2, 0.25) is 0 Å². The highest BCUT2D eigenvalue weighted by Gasteiger charge is 2.21. The highest BCUT2D eigenvalue weighted by Crippen LogP contribution is 2.08. The first-order valence-corrected chi connectivity index (χ1v) is 11.7. The van der Waals surface area contributed by atoms with Crippen LogP contribution in [0.5, 0.6) is 0 Å². The van der Waals surface area contributed by atoms with Gasteiger partial charge in [-0.2, -0.15) is 0 Å². The summed E-state index contributed by atoms with van der Waals surface area (Å²) in [5, 5.41) is 9.66. The Hall–Kier alpha value is -1.39. The predicted octanol–water partition coefficient (Wildman–Crippen LogP) is 3.25. The van der Waals surface area contributed by atoms with Crippen LogP contribution in [0.25, 0.3) is 0 Å². The van der Waals surface area contributed by atoms with Crippen molar-refractivity contribution in [3.8, 4) is 0 Å². The van der Waals surface area contributed by atoms with Crippen molar-refractivity contribution in [3.05, 3.63) is 35.4 Å². The van der Waals surface area contributed by atoms with Gasteiger partial charge in [-0.05, 0) is 37.0 Å². The standard InChI is InChI=1S/C24H41N5O2.HI/c1-5-7-12-26-23(30)21-10-8-20(9-11-21)15-27-24(25-6-2)28-16-22-18-29(13-14-31-22)17-19(3)4;/h8-11,19,22H,5-7,12-18H2,1-4H3,(H,26,30)(H2,25,27,28);1H. The maximum Gasteiger partial charge on any atom is 0.251 e. The van der Waals surface area contributed by atoms with Gasteiger partial charge in [0, 0.05) is 44.8 Å². The summed E-state index contributed by atoms with van der Waals surface area (Å²) >= 11 is 0. The molecule has 7 nitrogen and oxygen atoms in total. The third-order valence-electron chi connectivity index (χ3n) is 5.14. The number of carbonyl (C=O) groups excluding carboxylic acids is 1. The van der Waals surface area contributed by atoms with Crippen LogP contribution in [0.1, 0.15) is 56.5 Å². The average molecular weight is 560 g/mol. The average Bonchev–Trinajstić information content (AvgIpc) is 2.76. The summed E-state index contributed by atoms with van der Waals surface area (Å²) in [6.07, 6.45) is 2.24. The quantitative estimate of drug-likeness (QED) is 0.168. The van der Waals surface area contributed by atoms with Crippen LogP contribution in [0.4, 0.5) is 0 Å². The number of halogens is 1. The van der Waals surface area contributed by atoms with Gasteiger partial charge in [0.05, 0.1) is 19.3 Å². The number of ether oxygens (including phenoxy) is 1. The molecule has 0 spiro atoms. The van der Waals surface area contributed by atoms with Gasteiger partial charge in [-0.3, -0.25) is 9.69 Å². The number of rotatable bonds is 11. The van der Waals surface area contributed by atoms with Gasteiger partial charge < -0.3 is 20.7 Å². The number of hydrogen-bond donors (Lipinski definition) is 3. The molecule has 1 aliphatic heterocycles. The molecule has 1 aliphatic rings. The van der Waals surface area contributed by atoms with E-state index >= 15 is 0 Å². The molecule has 1 fully saturated rings. The lowest BCUT2D eigenvalue weighted by Crippen LogP contribution is -2.50. The Labute approximate surface area is 211 Å². The Kier molecular flexibility index (Phi) is 14.6. The van der Waals surface area contributed by atoms with Crippen LogP contribution >= 0.6 is 24.0 Å². The fourth-order valence-electron chi connectivity index (χ4n) is 3.55. The molecule has 1 unspecified atom stereocenters. The van der Waals surface area contributed by atoms with Crippen molar-refractivity contribution in [2.45, 2.75) is 53.2 Å². The topological polar surface area (TPSA) is 78.0 Å². The van der Waals surface area contributed by atoms with Gasteiger partial charge in [0.15, 0.2) is 5.96 Å². The fraction of sp³-hybridized carbons (Fsp3) is 0.667. The minimum Gasteiger partial charge on any atom is -0.374 e. The van der Waals surface area contributed by atoms with Gasteiger partial charge in [-0.15, -0.1) is 24.0 Å². The summed E-state index contributed by atoms with van der Waals surface area (Å²) in [7, 11) is 0. The van der Waals surface area contributed by atoms with E-state index in [1.54, 1.807) is 0 Å². The molecular weight excluding hydrogens is 517 g/mol. The van der Waals surface area contributed by atoms with Crippen molar-refractivity contribution in [2.75, 3.05) is 45.9 Å². The molecule has 0 aromatic heterocycles. The minimum atomic E-state index is -0.0162. The van der Waals surface area contributed by atoms with Crippen molar-refractivity contribution in [3.63, 3.8) is 0 Å². The normalized spacial score (nSPS) is 17.0. The van der Waals surface area contributed by atoms with Crippen molar-refractivity contribution in [2.24, 2.45) is 10.9 Å². The number of hydrogen-bond acceptors (Lipinski definition) is 4. The van der Waals surface area contributed by atoms with E-state index in [-0.39, 0.29) is 36.0 Å². The maximum atomic E-state index is 12.1. The van der Waals surface area contributed by atoms with E-state index in [4.69, 9.17) is 9.73 Å². The zero-order chi connectivity index (χ0) is 22.5. The summed E-state index contributed by atoms with van der Waals surface area (Å²) in [6.45, 7) is 15.3. The van der Waals surface area contributed by atoms with Crippen molar-refractivity contribution in [1.82, 2.24) is 20.9 Å². The van der Waals surface area contributed by atoms with E-state index in [1.165, 1.54) is 0 Å². The predicted molar refractivity (Wildman–Crippen MR) is 143 cm³/mol. The zero-order valence-electron chi connectivity index (χ0n) is 20.2. The lowest BCUT2D eigenvalue weighted by atomic mass is 10.1. The highest BCUT2D eigenvalue weighted by molar-refractivity contribution is 14.0. The number of nitrogens with zero attached hydrogens (tertiary/aromatic N) is 2. The van der Waals surface area contributed by atoms with E-state index in [2.05, 4.69) is 48.5 Å². The molecule has 2 rings (SSSR count). The van der Waals surface area contributed by atoms with E-state index in [0.29, 0.717) is 18.0 Å². The van der Waals surface area contributed by atoms with Crippen LogP contribution in [-0.4, -0.2) is 68.7 Å². The number of unbranched alkanes of at least 4 members (excludes halogenated alkanes) is 1. The third kappa shape index (κ3) is 11.0. The first kappa shape index (κ1) is 28.6. The molecule has 3 N–H and O–H groups in total. The van der Waals surface area contributed by atoms with E-state index < -0.39 is 0 Å². The van der Waals surface area contributed by atoms with Crippen molar-refractivity contribution < 1.29 is 9.53 Å². The van der Waals surface area contributed by atoms with Gasteiger partial charge in [0.25, 0.3) is 5.91 Å². The van der Waals surface area contributed by atoms with E-state index in [0.717, 1.165) is 70.2 Å². The van der Waals surface area contributed by atoms with Crippen LogP contribution in [0.3, 0.4) is 0 Å². The van der Waals surface area contributed by atoms with Gasteiger partial charge >= 0.3 is 0 Å². The second-order valence-corrected chi connectivity index (χ2v) is 8.53. The molecule has 1 atom stereocenters. The summed E-state index contributed by atoms with van der Waals surface area (Å²) in [5.74, 6) is 1.44. The van der Waals surface area contributed by atoms with Crippen LogP contribution in [0.15, 0.2) is 29.3 Å². The zero-order valence-corrected chi connectivity index (χ0v) is 22.5. The Morgan fingerprint density at radius 1 is 1.19 bits per heavy atom. The van der Waals surface area contributed by atoms with E-state index in [1.807, 2.05) is 24.3 Å². The number of benzene rings is 1. The van der Waals surface area contributed by atoms with E-state index in [9.17, 15) is 4.79 Å². The molecule has 1 aromatic rings. The molecule has 0 radical (unpaired) electrons. The maximum absolute atomic E-state index is 12.1. The number of aliphatic imine (C=N–C) groups is 1. The van der Waals surface area contributed by atoms with Crippen LogP contribution < -0.4 is 16.0 Å². The molecule has 1 saturated heterocycles. The second kappa shape index (κ2) is 16.3. The minimum absolute atomic E-state index is 0. The molecule has 0 saturated carbocycles. The highest BCUT2D eigenvalue weighted by atomic mass is 127. The number of guanidine groups is 1. The molecule has 32 heavy (non-hydrogen) atoms. The second-order valence-electron chi connectivity index (χ2n) is 8.53. The van der Waals surface area contributed by atoms with Crippen LogP contribution in [-0.2, 0) is 11.3 Å². The van der Waals surface area contributed by atoms with Crippen LogP contribution in [0.2, 0.25) is 0 Å². The summed E-state index contributed by atoms with van der Waals surface area (Å²) in [6, 6.07) is 7.67. The summed E-state index contributed by atoms with van der Waals surface area (Å²) in [4.78, 5) is 19.3. The third-order valence-corrected chi connectivity index (χ3v) is 5.14. The fourth-order valence-corrected chi connectivity index (χ4v) is 3.55. The lowest BCUT2D eigenvalue weighted by Gasteiger charge is -2.34. The molecule has 1 amide bonds. The Morgan fingerprint density at radius 2 is 1.94 bits per heavy atom. The molecule has 1 aromatic carbocycles. The smallest absolute Gasteiger partial charge is 0.251 e. The van der Waals surface area contributed by atoms with Gasteiger partial charge in [-0.1, -0.05) is 39.3 Å². The SMILES string of the molecule is CCCCNC(=O)c1ccc(CN=C(NCC)NCC2CN(CC(C)C)CCO2)cc1.I. The monoisotopic (exact) mass is 559 g/mol. The Bertz CT molecular complexity index is 681. The molecular formula is C24H42IN5O2. The lowest BCUT2D eigenvalue weighted by molar-refractivity contribution is -0.0284. The molecule has 0 bridgehead atoms. The first-order valence-electron chi connectivity index (χ1n) is 11.7. The van der Waals surface area contributed by atoms with Gasteiger partial charge in [0.1, 0.15) is 0 Å². The molecule has 0 aliphatic carbocycles. The Morgan fingerprint density at radius 3 is 2.59 bits per heavy atom. The molecule has 1 heterocycles. The molecule has 182 valence electrons.